The Kier molecular flexibility index (Phi) is 5.24. The molecule has 0 amide bonds. The molecule has 1 aliphatic rings. The van der Waals surface area contributed by atoms with Crippen LogP contribution < -0.4 is 0 Å². The quantitative estimate of drug-likeness (QED) is 0.776. The Hall–Kier alpha value is -0.690. The van der Waals surface area contributed by atoms with Crippen LogP contribution in [0.15, 0.2) is 23.1 Å². The highest BCUT2D eigenvalue weighted by Crippen LogP contribution is 2.23. The van der Waals surface area contributed by atoms with E-state index in [4.69, 9.17) is 11.6 Å². The van der Waals surface area contributed by atoms with Crippen molar-refractivity contribution in [2.75, 3.05) is 27.2 Å². The van der Waals surface area contributed by atoms with E-state index in [-0.39, 0.29) is 16.8 Å². The van der Waals surface area contributed by atoms with Crippen molar-refractivity contribution in [3.05, 3.63) is 29.6 Å². The first kappa shape index (κ1) is 16.7. The fraction of sp³-hybridized carbons (Fsp3) is 0.571. The Morgan fingerprint density at radius 3 is 2.71 bits per heavy atom. The highest BCUT2D eigenvalue weighted by atomic mass is 35.5. The van der Waals surface area contributed by atoms with Crippen LogP contribution >= 0.6 is 11.6 Å². The predicted octanol–water partition coefficient (Wildman–Crippen LogP) is 2.28. The molecule has 1 aliphatic heterocycles. The molecule has 7 heteroatoms. The molecular weight excluding hydrogens is 315 g/mol. The number of alkyl halides is 1. The number of rotatable bonds is 5. The molecule has 1 unspecified atom stereocenters. The van der Waals surface area contributed by atoms with Crippen molar-refractivity contribution >= 4 is 21.6 Å². The molecule has 0 aromatic heterocycles. The molecule has 21 heavy (non-hydrogen) atoms. The van der Waals surface area contributed by atoms with Gasteiger partial charge in [-0.3, -0.25) is 0 Å². The maximum atomic E-state index is 14.0. The summed E-state index contributed by atoms with van der Waals surface area (Å²) in [5.41, 5.74) is 0.561. The Balaban J connectivity index is 2.20. The average Bonchev–Trinajstić information content (AvgIpc) is 2.83. The third-order valence-electron chi connectivity index (χ3n) is 3.98. The molecule has 1 aromatic carbocycles. The van der Waals surface area contributed by atoms with Crippen LogP contribution in [0.1, 0.15) is 18.4 Å². The van der Waals surface area contributed by atoms with Gasteiger partial charge in [0.05, 0.1) is 0 Å². The van der Waals surface area contributed by atoms with Crippen LogP contribution in [0.4, 0.5) is 4.39 Å². The highest BCUT2D eigenvalue weighted by Gasteiger charge is 2.29. The number of likely N-dealkylation sites (tertiary alicyclic amines) is 1. The van der Waals surface area contributed by atoms with Gasteiger partial charge < -0.3 is 4.90 Å². The highest BCUT2D eigenvalue weighted by molar-refractivity contribution is 7.89. The number of sulfonamides is 1. The van der Waals surface area contributed by atoms with E-state index >= 15 is 0 Å². The summed E-state index contributed by atoms with van der Waals surface area (Å²) in [5.74, 6) is -0.597. The van der Waals surface area contributed by atoms with Gasteiger partial charge in [-0.15, -0.1) is 11.6 Å². The topological polar surface area (TPSA) is 40.6 Å². The molecule has 0 radical (unpaired) electrons. The number of hydrogen-bond acceptors (Lipinski definition) is 3. The van der Waals surface area contributed by atoms with E-state index in [1.165, 1.54) is 23.5 Å². The molecule has 0 spiro atoms. The van der Waals surface area contributed by atoms with Crippen molar-refractivity contribution in [1.29, 1.82) is 0 Å². The first-order valence-corrected chi connectivity index (χ1v) is 8.84. The third-order valence-corrected chi connectivity index (χ3v) is 6.14. The molecule has 0 aliphatic carbocycles. The Morgan fingerprint density at radius 2 is 2.19 bits per heavy atom. The first-order valence-electron chi connectivity index (χ1n) is 6.87. The SMILES string of the molecule is CN1CCCC1CN(C)S(=O)(=O)c1ccc(CCl)cc1F. The lowest BCUT2D eigenvalue weighted by Crippen LogP contribution is -2.39. The second kappa shape index (κ2) is 6.60. The van der Waals surface area contributed by atoms with Crippen LogP contribution in [0, 0.1) is 5.82 Å². The minimum absolute atomic E-state index is 0.153. The molecule has 1 fully saturated rings. The van der Waals surface area contributed by atoms with Gasteiger partial charge in [0.15, 0.2) is 0 Å². The summed E-state index contributed by atoms with van der Waals surface area (Å²) in [4.78, 5) is 1.85. The fourth-order valence-corrected chi connectivity index (χ4v) is 4.03. The minimum atomic E-state index is -3.82. The lowest BCUT2D eigenvalue weighted by molar-refractivity contribution is 0.270. The lowest BCUT2D eigenvalue weighted by Gasteiger charge is -2.25. The number of benzene rings is 1. The largest absolute Gasteiger partial charge is 0.302 e. The van der Waals surface area contributed by atoms with Crippen molar-refractivity contribution in [2.24, 2.45) is 0 Å². The molecular formula is C14H20ClFN2O2S. The zero-order valence-corrected chi connectivity index (χ0v) is 13.8. The van der Waals surface area contributed by atoms with Crippen LogP contribution in [0.2, 0.25) is 0 Å². The maximum Gasteiger partial charge on any atom is 0.245 e. The third kappa shape index (κ3) is 3.56. The van der Waals surface area contributed by atoms with Crippen molar-refractivity contribution in [3.8, 4) is 0 Å². The number of hydrogen-bond donors (Lipinski definition) is 0. The Bertz CT molecular complexity index is 609. The second-order valence-corrected chi connectivity index (χ2v) is 7.74. The summed E-state index contributed by atoms with van der Waals surface area (Å²) in [7, 11) is -0.340. The fourth-order valence-electron chi connectivity index (χ4n) is 2.61. The van der Waals surface area contributed by atoms with Crippen molar-refractivity contribution < 1.29 is 12.8 Å². The molecule has 1 aromatic rings. The summed E-state index contributed by atoms with van der Waals surface area (Å²) in [6.07, 6.45) is 2.03. The lowest BCUT2D eigenvalue weighted by atomic mass is 10.2. The van der Waals surface area contributed by atoms with E-state index in [0.29, 0.717) is 12.1 Å². The van der Waals surface area contributed by atoms with E-state index < -0.39 is 15.8 Å². The molecule has 1 saturated heterocycles. The van der Waals surface area contributed by atoms with E-state index in [1.807, 2.05) is 7.05 Å². The average molecular weight is 335 g/mol. The van der Waals surface area contributed by atoms with Gasteiger partial charge in [0, 0.05) is 25.5 Å². The molecule has 118 valence electrons. The van der Waals surface area contributed by atoms with Crippen LogP contribution in [-0.4, -0.2) is 50.8 Å². The molecule has 2 rings (SSSR count). The molecule has 0 saturated carbocycles. The van der Waals surface area contributed by atoms with E-state index in [9.17, 15) is 12.8 Å². The van der Waals surface area contributed by atoms with E-state index in [2.05, 4.69) is 4.90 Å². The normalized spacial score (nSPS) is 20.3. The zero-order valence-electron chi connectivity index (χ0n) is 12.2. The van der Waals surface area contributed by atoms with Crippen molar-refractivity contribution in [2.45, 2.75) is 29.7 Å². The molecule has 4 nitrogen and oxygen atoms in total. The monoisotopic (exact) mass is 334 g/mol. The zero-order chi connectivity index (χ0) is 15.6. The van der Waals surface area contributed by atoms with E-state index in [0.717, 1.165) is 19.4 Å². The number of halogens is 2. The van der Waals surface area contributed by atoms with Gasteiger partial charge in [-0.1, -0.05) is 6.07 Å². The summed E-state index contributed by atoms with van der Waals surface area (Å²) >= 11 is 5.63. The Morgan fingerprint density at radius 1 is 1.48 bits per heavy atom. The van der Waals surface area contributed by atoms with Gasteiger partial charge in [-0.2, -0.15) is 4.31 Å². The van der Waals surface area contributed by atoms with Crippen LogP contribution in [0.5, 0.6) is 0 Å². The predicted molar refractivity (Wildman–Crippen MR) is 81.4 cm³/mol. The van der Waals surface area contributed by atoms with Crippen LogP contribution in [0.25, 0.3) is 0 Å². The number of likely N-dealkylation sites (N-methyl/N-ethyl adjacent to an activating group) is 2. The van der Waals surface area contributed by atoms with E-state index in [1.54, 1.807) is 6.07 Å². The summed E-state index contributed by atoms with van der Waals surface area (Å²) in [6.45, 7) is 1.34. The van der Waals surface area contributed by atoms with Gasteiger partial charge in [-0.05, 0) is 44.1 Å². The molecule has 1 atom stereocenters. The standard InChI is InChI=1S/C14H20ClFN2O2S/c1-17-7-3-4-12(17)10-18(2)21(19,20)14-6-5-11(9-15)8-13(14)16/h5-6,8,12H,3-4,7,9-10H2,1-2H3. The molecule has 0 N–H and O–H groups in total. The van der Waals surface area contributed by atoms with Gasteiger partial charge >= 0.3 is 0 Å². The Labute approximate surface area is 130 Å². The minimum Gasteiger partial charge on any atom is -0.302 e. The molecule has 0 bridgehead atoms. The maximum absolute atomic E-state index is 14.0. The van der Waals surface area contributed by atoms with Gasteiger partial charge in [0.25, 0.3) is 0 Å². The molecule has 1 heterocycles. The van der Waals surface area contributed by atoms with Gasteiger partial charge in [-0.25, -0.2) is 12.8 Å². The smallest absolute Gasteiger partial charge is 0.245 e. The van der Waals surface area contributed by atoms with Crippen LogP contribution in [0.3, 0.4) is 0 Å². The van der Waals surface area contributed by atoms with Gasteiger partial charge in [0.1, 0.15) is 10.7 Å². The van der Waals surface area contributed by atoms with Gasteiger partial charge in [0.2, 0.25) is 10.0 Å². The summed E-state index contributed by atoms with van der Waals surface area (Å²) in [6, 6.07) is 4.19. The second-order valence-electron chi connectivity index (χ2n) is 5.46. The summed E-state index contributed by atoms with van der Waals surface area (Å²) in [5, 5.41) is 0. The van der Waals surface area contributed by atoms with Crippen molar-refractivity contribution in [3.63, 3.8) is 0 Å². The van der Waals surface area contributed by atoms with Crippen molar-refractivity contribution in [1.82, 2.24) is 9.21 Å². The summed E-state index contributed by atoms with van der Waals surface area (Å²) < 4.78 is 40.2. The first-order chi connectivity index (χ1) is 9.86. The number of nitrogens with zero attached hydrogens (tertiary/aromatic N) is 2. The van der Waals surface area contributed by atoms with Crippen LogP contribution in [-0.2, 0) is 15.9 Å².